The second kappa shape index (κ2) is 6.76. The van der Waals surface area contributed by atoms with E-state index in [1.807, 2.05) is 0 Å². The number of rotatable bonds is 5. The van der Waals surface area contributed by atoms with Gasteiger partial charge in [-0.15, -0.1) is 0 Å². The summed E-state index contributed by atoms with van der Waals surface area (Å²) in [6, 6.07) is 0. The van der Waals surface area contributed by atoms with Gasteiger partial charge in [-0.25, -0.2) is 13.8 Å². The van der Waals surface area contributed by atoms with Crippen molar-refractivity contribution < 1.29 is 35.8 Å². The number of halogens is 7. The molecular weight excluding hydrogens is 435 g/mol. The van der Waals surface area contributed by atoms with Crippen molar-refractivity contribution in [2.75, 3.05) is 0 Å². The lowest BCUT2D eigenvalue weighted by atomic mass is 10.1. The smallest absolute Gasteiger partial charge is 0.389 e. The Hall–Kier alpha value is -2.55. The van der Waals surface area contributed by atoms with Crippen molar-refractivity contribution in [1.82, 2.24) is 24.4 Å². The minimum atomic E-state index is -5.10. The lowest BCUT2D eigenvalue weighted by Crippen LogP contribution is -2.41. The zero-order chi connectivity index (χ0) is 21.8. The van der Waals surface area contributed by atoms with Gasteiger partial charge >= 0.3 is 18.0 Å². The summed E-state index contributed by atoms with van der Waals surface area (Å²) in [4.78, 5) is 15.5. The van der Waals surface area contributed by atoms with E-state index in [0.717, 1.165) is 0 Å². The summed E-state index contributed by atoms with van der Waals surface area (Å²) in [6.07, 6.45) is -3.84. The Bertz CT molecular complexity index is 1110. The summed E-state index contributed by atoms with van der Waals surface area (Å²) in [7, 11) is 0. The van der Waals surface area contributed by atoms with E-state index in [-0.39, 0.29) is 11.9 Å². The molecule has 0 amide bonds. The summed E-state index contributed by atoms with van der Waals surface area (Å²) in [5.74, 6) is -8.94. The monoisotopic (exact) mass is 445 g/mol. The first-order valence-electron chi connectivity index (χ1n) is 7.64. The van der Waals surface area contributed by atoms with Gasteiger partial charge < -0.3 is 5.11 Å². The average Bonchev–Trinajstić information content (AvgIpc) is 3.19. The summed E-state index contributed by atoms with van der Waals surface area (Å²) < 4.78 is 94.2. The minimum absolute atomic E-state index is 0.00953. The molecule has 1 N–H and O–H groups in total. The van der Waals surface area contributed by atoms with E-state index < -0.39 is 58.5 Å². The Morgan fingerprint density at radius 1 is 1.17 bits per heavy atom. The zero-order valence-electron chi connectivity index (χ0n) is 14.2. The maximum atomic E-state index is 13.5. The van der Waals surface area contributed by atoms with Crippen molar-refractivity contribution in [3.8, 4) is 11.1 Å². The number of hydrogen-bond donors (Lipinski definition) is 1. The number of nitrogens with zero attached hydrogens (tertiary/aromatic N) is 5. The molecule has 7 nitrogen and oxygen atoms in total. The van der Waals surface area contributed by atoms with Gasteiger partial charge in [0.15, 0.2) is 5.69 Å². The van der Waals surface area contributed by atoms with Gasteiger partial charge in [-0.05, 0) is 0 Å². The van der Waals surface area contributed by atoms with Gasteiger partial charge in [-0.3, -0.25) is 9.48 Å². The summed E-state index contributed by atoms with van der Waals surface area (Å²) in [5, 5.41) is 16.0. The third kappa shape index (κ3) is 3.83. The van der Waals surface area contributed by atoms with E-state index in [4.69, 9.17) is 5.11 Å². The summed E-state index contributed by atoms with van der Waals surface area (Å²) in [5.41, 5.74) is -4.51. The SMILES string of the molecule is CC(F)(F)C(F)(F)Cn1cc(-c2c(C(F)(F)F)nc3sc(CO)nn3c2=O)cn1. The van der Waals surface area contributed by atoms with E-state index in [1.165, 1.54) is 0 Å². The van der Waals surface area contributed by atoms with Crippen molar-refractivity contribution in [2.45, 2.75) is 38.1 Å². The van der Waals surface area contributed by atoms with Gasteiger partial charge in [-0.1, -0.05) is 11.3 Å². The molecule has 158 valence electrons. The maximum absolute atomic E-state index is 13.5. The highest BCUT2D eigenvalue weighted by Crippen LogP contribution is 2.37. The molecule has 0 aliphatic carbocycles. The molecule has 3 heterocycles. The molecular formula is C14H10F7N5O2S. The van der Waals surface area contributed by atoms with Gasteiger partial charge in [-0.2, -0.15) is 36.7 Å². The minimum Gasteiger partial charge on any atom is -0.389 e. The van der Waals surface area contributed by atoms with Crippen LogP contribution in [0.15, 0.2) is 17.2 Å². The quantitative estimate of drug-likeness (QED) is 0.611. The molecule has 3 aromatic heterocycles. The fourth-order valence-electron chi connectivity index (χ4n) is 2.34. The number of alkyl halides is 7. The molecule has 29 heavy (non-hydrogen) atoms. The molecule has 0 aromatic carbocycles. The van der Waals surface area contributed by atoms with Gasteiger partial charge in [0.05, 0.1) is 18.4 Å². The standard InChI is InChI=1S/C14H10F7N5O2S/c1-12(15,16)13(17,18)5-25-3-6(2-22-25)8-9(14(19,20)21)23-11-26(10(8)28)24-7(4-27)29-11/h2-3,27H,4-5H2,1H3. The Kier molecular flexibility index (Phi) is 4.93. The highest BCUT2D eigenvalue weighted by molar-refractivity contribution is 7.16. The molecule has 0 bridgehead atoms. The molecule has 0 spiro atoms. The van der Waals surface area contributed by atoms with Crippen LogP contribution in [-0.2, 0) is 19.3 Å². The van der Waals surface area contributed by atoms with Crippen molar-refractivity contribution in [3.05, 3.63) is 33.4 Å². The first-order chi connectivity index (χ1) is 13.2. The number of aliphatic hydroxyl groups excluding tert-OH is 1. The molecule has 3 rings (SSSR count). The molecule has 0 radical (unpaired) electrons. The third-order valence-corrected chi connectivity index (χ3v) is 4.67. The Morgan fingerprint density at radius 3 is 2.38 bits per heavy atom. The van der Waals surface area contributed by atoms with Crippen LogP contribution in [0.5, 0.6) is 0 Å². The first-order valence-corrected chi connectivity index (χ1v) is 8.45. The van der Waals surface area contributed by atoms with Crippen LogP contribution in [0.2, 0.25) is 0 Å². The van der Waals surface area contributed by atoms with Crippen LogP contribution in [0.4, 0.5) is 30.7 Å². The van der Waals surface area contributed by atoms with Crippen LogP contribution < -0.4 is 5.56 Å². The second-order valence-corrected chi connectivity index (χ2v) is 7.05. The normalized spacial score (nSPS) is 13.4. The van der Waals surface area contributed by atoms with Gasteiger partial charge in [0, 0.05) is 18.7 Å². The predicted molar refractivity (Wildman–Crippen MR) is 84.8 cm³/mol. The molecule has 0 fully saturated rings. The van der Waals surface area contributed by atoms with Gasteiger partial charge in [0.2, 0.25) is 4.96 Å². The molecule has 0 unspecified atom stereocenters. The Morgan fingerprint density at radius 2 is 1.83 bits per heavy atom. The number of aromatic nitrogens is 5. The Labute approximate surface area is 160 Å². The molecule has 0 atom stereocenters. The van der Waals surface area contributed by atoms with E-state index in [9.17, 15) is 35.5 Å². The van der Waals surface area contributed by atoms with Crippen molar-refractivity contribution in [2.24, 2.45) is 0 Å². The molecule has 0 aliphatic heterocycles. The van der Waals surface area contributed by atoms with Crippen LogP contribution in [-0.4, -0.2) is 41.3 Å². The fourth-order valence-corrected chi connectivity index (χ4v) is 3.08. The number of fused-ring (bicyclic) bond motifs is 1. The molecule has 3 aromatic rings. The maximum Gasteiger partial charge on any atom is 0.434 e. The molecule has 15 heteroatoms. The Balaban J connectivity index is 2.16. The molecule has 0 aliphatic rings. The van der Waals surface area contributed by atoms with Gasteiger partial charge in [0.1, 0.15) is 11.6 Å². The second-order valence-electron chi connectivity index (χ2n) is 6.01. The van der Waals surface area contributed by atoms with E-state index in [0.29, 0.717) is 32.9 Å². The fraction of sp³-hybridized carbons (Fsp3) is 0.429. The predicted octanol–water partition coefficient (Wildman–Crippen LogP) is 2.82. The first kappa shape index (κ1) is 21.2. The van der Waals surface area contributed by atoms with E-state index in [1.54, 1.807) is 0 Å². The van der Waals surface area contributed by atoms with Crippen LogP contribution in [0.25, 0.3) is 16.1 Å². The largest absolute Gasteiger partial charge is 0.434 e. The van der Waals surface area contributed by atoms with E-state index in [2.05, 4.69) is 15.2 Å². The lowest BCUT2D eigenvalue weighted by molar-refractivity contribution is -0.205. The van der Waals surface area contributed by atoms with Gasteiger partial charge in [0.25, 0.3) is 5.56 Å². The van der Waals surface area contributed by atoms with Crippen molar-refractivity contribution in [3.63, 3.8) is 0 Å². The highest BCUT2D eigenvalue weighted by Gasteiger charge is 2.52. The zero-order valence-corrected chi connectivity index (χ0v) is 15.0. The molecule has 0 saturated heterocycles. The van der Waals surface area contributed by atoms with Crippen LogP contribution >= 0.6 is 11.3 Å². The van der Waals surface area contributed by atoms with Crippen LogP contribution in [0.3, 0.4) is 0 Å². The average molecular weight is 445 g/mol. The number of aliphatic hydroxyl groups is 1. The van der Waals surface area contributed by atoms with Crippen LogP contribution in [0.1, 0.15) is 17.6 Å². The topological polar surface area (TPSA) is 85.3 Å². The van der Waals surface area contributed by atoms with E-state index >= 15 is 0 Å². The third-order valence-electron chi connectivity index (χ3n) is 3.78. The number of hydrogen-bond acceptors (Lipinski definition) is 6. The molecule has 0 saturated carbocycles. The highest BCUT2D eigenvalue weighted by atomic mass is 32.1. The van der Waals surface area contributed by atoms with Crippen molar-refractivity contribution >= 4 is 16.3 Å². The summed E-state index contributed by atoms with van der Waals surface area (Å²) in [6.45, 7) is -2.28. The van der Waals surface area contributed by atoms with Crippen LogP contribution in [0, 0.1) is 0 Å². The lowest BCUT2D eigenvalue weighted by Gasteiger charge is -2.22. The van der Waals surface area contributed by atoms with Crippen molar-refractivity contribution in [1.29, 1.82) is 0 Å². The summed E-state index contributed by atoms with van der Waals surface area (Å²) >= 11 is 0.549.